The molecule has 0 saturated heterocycles. The Morgan fingerprint density at radius 2 is 1.44 bits per heavy atom. The molecule has 1 nitrogen and oxygen atoms in total. The number of aromatic nitrogens is 1. The highest BCUT2D eigenvalue weighted by molar-refractivity contribution is 9.10. The summed E-state index contributed by atoms with van der Waals surface area (Å²) in [6, 6.07) is 37.0. The van der Waals surface area contributed by atoms with Crippen LogP contribution in [-0.2, 0) is 0 Å². The zero-order valence-electron chi connectivity index (χ0n) is 18.1. The fraction of sp³-hybridized carbons (Fsp3) is 0. The molecule has 2 aromatic heterocycles. The Hall–Kier alpha value is -3.53. The second-order valence-electron chi connectivity index (χ2n) is 8.52. The summed E-state index contributed by atoms with van der Waals surface area (Å²) in [5.74, 6) is 0. The van der Waals surface area contributed by atoms with E-state index in [0.717, 1.165) is 9.99 Å². The van der Waals surface area contributed by atoms with Gasteiger partial charge in [0.1, 0.15) is 0 Å². The predicted octanol–water partition coefficient (Wildman–Crippen LogP) is 9.85. The first-order chi connectivity index (χ1) is 16.8. The summed E-state index contributed by atoms with van der Waals surface area (Å²) >= 11 is 5.70. The van der Waals surface area contributed by atoms with Crippen molar-refractivity contribution < 1.29 is 0 Å². The minimum Gasteiger partial charge on any atom is -0.256 e. The van der Waals surface area contributed by atoms with Crippen molar-refractivity contribution in [3.05, 3.63) is 114 Å². The van der Waals surface area contributed by atoms with E-state index in [1.807, 2.05) is 23.6 Å². The Morgan fingerprint density at radius 1 is 0.618 bits per heavy atom. The number of hydrogen-bond donors (Lipinski definition) is 0. The van der Waals surface area contributed by atoms with Gasteiger partial charge in [0, 0.05) is 47.2 Å². The number of pyridine rings is 1. The molecule has 0 amide bonds. The van der Waals surface area contributed by atoms with Gasteiger partial charge in [-0.1, -0.05) is 88.7 Å². The normalized spacial score (nSPS) is 11.7. The highest BCUT2D eigenvalue weighted by Gasteiger charge is 2.16. The molecule has 0 aliphatic heterocycles. The van der Waals surface area contributed by atoms with Gasteiger partial charge in [0.25, 0.3) is 0 Å². The third-order valence-corrected chi connectivity index (χ3v) is 8.37. The van der Waals surface area contributed by atoms with Crippen LogP contribution in [0.15, 0.2) is 114 Å². The fourth-order valence-electron chi connectivity index (χ4n) is 5.05. The SMILES string of the molecule is Brc1ccc2sc3ccc(-c4cccc5ccc6cccnc6c45)cc3c2c1-c1ccccc1. The Kier molecular flexibility index (Phi) is 4.54. The molecule has 0 fully saturated rings. The van der Waals surface area contributed by atoms with Crippen LogP contribution in [-0.4, -0.2) is 4.98 Å². The van der Waals surface area contributed by atoms with Gasteiger partial charge in [-0.05, 0) is 52.4 Å². The standard InChI is InChI=1S/C31H18BrNS/c32-25-14-16-27-30(29(25)19-6-2-1-3-7-19)24-18-22(13-15-26(24)34-27)23-10-4-8-20-11-12-21-9-5-17-33-31(21)28(20)23/h1-18H. The van der Waals surface area contributed by atoms with Crippen molar-refractivity contribution in [2.24, 2.45) is 0 Å². The number of rotatable bonds is 2. The molecule has 5 aromatic carbocycles. The predicted molar refractivity (Wildman–Crippen MR) is 151 cm³/mol. The molecule has 0 aliphatic rings. The highest BCUT2D eigenvalue weighted by atomic mass is 79.9. The molecule has 0 bridgehead atoms. The van der Waals surface area contributed by atoms with E-state index in [2.05, 4.69) is 113 Å². The van der Waals surface area contributed by atoms with Crippen LogP contribution in [0.3, 0.4) is 0 Å². The third-order valence-electron chi connectivity index (χ3n) is 6.57. The van der Waals surface area contributed by atoms with E-state index < -0.39 is 0 Å². The molecule has 2 heterocycles. The summed E-state index contributed by atoms with van der Waals surface area (Å²) in [5, 5.41) is 6.20. The number of hydrogen-bond acceptors (Lipinski definition) is 2. The lowest BCUT2D eigenvalue weighted by atomic mass is 9.94. The molecule has 0 unspecified atom stereocenters. The molecule has 0 saturated carbocycles. The zero-order valence-corrected chi connectivity index (χ0v) is 20.5. The first-order valence-corrected chi connectivity index (χ1v) is 12.9. The monoisotopic (exact) mass is 515 g/mol. The Bertz CT molecular complexity index is 1870. The summed E-state index contributed by atoms with van der Waals surface area (Å²) in [7, 11) is 0. The van der Waals surface area contributed by atoms with Crippen molar-refractivity contribution >= 4 is 69.1 Å². The average Bonchev–Trinajstić information content (AvgIpc) is 3.26. The van der Waals surface area contributed by atoms with Crippen LogP contribution >= 0.6 is 27.3 Å². The van der Waals surface area contributed by atoms with Crippen LogP contribution in [0, 0.1) is 0 Å². The summed E-state index contributed by atoms with van der Waals surface area (Å²) in [6.07, 6.45) is 1.89. The second kappa shape index (κ2) is 7.76. The zero-order chi connectivity index (χ0) is 22.6. The van der Waals surface area contributed by atoms with E-state index in [9.17, 15) is 0 Å². The number of nitrogens with zero attached hydrogens (tertiary/aromatic N) is 1. The van der Waals surface area contributed by atoms with Gasteiger partial charge in [-0.3, -0.25) is 4.98 Å². The van der Waals surface area contributed by atoms with E-state index >= 15 is 0 Å². The third kappa shape index (κ3) is 3.01. The van der Waals surface area contributed by atoms with E-state index in [4.69, 9.17) is 4.98 Å². The number of benzene rings is 5. The van der Waals surface area contributed by atoms with Gasteiger partial charge < -0.3 is 0 Å². The molecule has 0 aliphatic carbocycles. The van der Waals surface area contributed by atoms with E-state index in [1.54, 1.807) is 0 Å². The van der Waals surface area contributed by atoms with Gasteiger partial charge in [-0.2, -0.15) is 0 Å². The maximum atomic E-state index is 4.76. The molecule has 7 rings (SSSR count). The van der Waals surface area contributed by atoms with Crippen LogP contribution in [0.2, 0.25) is 0 Å². The maximum absolute atomic E-state index is 4.76. The van der Waals surface area contributed by atoms with E-state index in [-0.39, 0.29) is 0 Å². The summed E-state index contributed by atoms with van der Waals surface area (Å²) in [4.78, 5) is 4.76. The van der Waals surface area contributed by atoms with Crippen molar-refractivity contribution in [2.45, 2.75) is 0 Å². The molecule has 3 heteroatoms. The molecule has 160 valence electrons. The molecular formula is C31H18BrNS. The number of halogens is 1. The highest BCUT2D eigenvalue weighted by Crippen LogP contribution is 2.45. The van der Waals surface area contributed by atoms with Gasteiger partial charge in [0.15, 0.2) is 0 Å². The van der Waals surface area contributed by atoms with Gasteiger partial charge in [0.05, 0.1) is 5.52 Å². The van der Waals surface area contributed by atoms with Crippen molar-refractivity contribution in [2.75, 3.05) is 0 Å². The molecular weight excluding hydrogens is 498 g/mol. The van der Waals surface area contributed by atoms with E-state index in [0.29, 0.717) is 0 Å². The minimum atomic E-state index is 1.05. The molecule has 0 spiro atoms. The molecule has 0 radical (unpaired) electrons. The number of thiophene rings is 1. The van der Waals surface area contributed by atoms with Crippen LogP contribution < -0.4 is 0 Å². The largest absolute Gasteiger partial charge is 0.256 e. The van der Waals surface area contributed by atoms with Crippen LogP contribution in [0.4, 0.5) is 0 Å². The van der Waals surface area contributed by atoms with Gasteiger partial charge >= 0.3 is 0 Å². The first kappa shape index (κ1) is 19.9. The average molecular weight is 516 g/mol. The molecule has 0 N–H and O–H groups in total. The van der Waals surface area contributed by atoms with Crippen LogP contribution in [0.25, 0.3) is 64.1 Å². The van der Waals surface area contributed by atoms with Crippen molar-refractivity contribution in [3.63, 3.8) is 0 Å². The van der Waals surface area contributed by atoms with Gasteiger partial charge in [-0.25, -0.2) is 0 Å². The Balaban J connectivity index is 1.57. The lowest BCUT2D eigenvalue weighted by molar-refractivity contribution is 1.43. The first-order valence-electron chi connectivity index (χ1n) is 11.2. The smallest absolute Gasteiger partial charge is 0.0786 e. The van der Waals surface area contributed by atoms with Crippen LogP contribution in [0.1, 0.15) is 0 Å². The molecule has 7 aromatic rings. The second-order valence-corrected chi connectivity index (χ2v) is 10.5. The lowest BCUT2D eigenvalue weighted by Crippen LogP contribution is -1.86. The summed E-state index contributed by atoms with van der Waals surface area (Å²) in [5.41, 5.74) is 5.98. The molecule has 0 atom stereocenters. The quantitative estimate of drug-likeness (QED) is 0.208. The molecule has 34 heavy (non-hydrogen) atoms. The van der Waals surface area contributed by atoms with Crippen molar-refractivity contribution in [1.29, 1.82) is 0 Å². The van der Waals surface area contributed by atoms with Gasteiger partial charge in [-0.15, -0.1) is 11.3 Å². The summed E-state index contributed by atoms with van der Waals surface area (Å²) < 4.78 is 3.73. The Labute approximate surface area is 209 Å². The topological polar surface area (TPSA) is 12.9 Å². The maximum Gasteiger partial charge on any atom is 0.0786 e. The van der Waals surface area contributed by atoms with E-state index in [1.165, 1.54) is 58.6 Å². The lowest BCUT2D eigenvalue weighted by Gasteiger charge is -2.11. The Morgan fingerprint density at radius 3 is 2.35 bits per heavy atom. The van der Waals surface area contributed by atoms with Crippen molar-refractivity contribution in [1.82, 2.24) is 4.98 Å². The van der Waals surface area contributed by atoms with Crippen LogP contribution in [0.5, 0.6) is 0 Å². The fourth-order valence-corrected chi connectivity index (χ4v) is 6.71. The number of fused-ring (bicyclic) bond motifs is 6. The minimum absolute atomic E-state index is 1.05. The summed E-state index contributed by atoms with van der Waals surface area (Å²) in [6.45, 7) is 0. The van der Waals surface area contributed by atoms with Crippen molar-refractivity contribution in [3.8, 4) is 22.3 Å². The van der Waals surface area contributed by atoms with Gasteiger partial charge in [0.2, 0.25) is 0 Å².